The van der Waals surface area contributed by atoms with Crippen LogP contribution in [-0.2, 0) is 4.74 Å². The molecule has 0 spiro atoms. The molecule has 3 rings (SSSR count). The molecule has 4 nitrogen and oxygen atoms in total. The van der Waals surface area contributed by atoms with Crippen molar-refractivity contribution in [2.45, 2.75) is 24.7 Å². The Balaban J connectivity index is 1.98. The predicted octanol–water partition coefficient (Wildman–Crippen LogP) is 1.57. The first-order valence-electron chi connectivity index (χ1n) is 4.62. The minimum absolute atomic E-state index is 0.303. The monoisotopic (exact) mass is 191 g/mol. The van der Waals surface area contributed by atoms with Gasteiger partial charge in [-0.2, -0.15) is 0 Å². The average molecular weight is 191 g/mol. The first-order valence-corrected chi connectivity index (χ1v) is 4.62. The largest absolute Gasteiger partial charge is 0.376 e. The molecule has 2 atom stereocenters. The number of hydrogen-bond acceptors (Lipinski definition) is 3. The highest BCUT2D eigenvalue weighted by Crippen LogP contribution is 2.49. The van der Waals surface area contributed by atoms with E-state index >= 15 is 0 Å². The summed E-state index contributed by atoms with van der Waals surface area (Å²) < 4.78 is 5.22. The molecule has 0 aromatic heterocycles. The summed E-state index contributed by atoms with van der Waals surface area (Å²) in [5, 5.41) is 10.8. The number of hydrogen-bond donors (Lipinski definition) is 0. The summed E-state index contributed by atoms with van der Waals surface area (Å²) in [6.45, 7) is 0. The molecule has 0 aromatic carbocycles. The van der Waals surface area contributed by atoms with E-state index in [1.54, 1.807) is 6.08 Å². The molecule has 2 unspecified atom stereocenters. The molecule has 14 heavy (non-hydrogen) atoms. The van der Waals surface area contributed by atoms with E-state index in [1.807, 2.05) is 12.2 Å². The Morgan fingerprint density at radius 2 is 2.29 bits per heavy atom. The highest BCUT2D eigenvalue weighted by molar-refractivity contribution is 5.45. The number of allylic oxidation sites excluding steroid dienone is 4. The second kappa shape index (κ2) is 2.33. The van der Waals surface area contributed by atoms with Crippen LogP contribution in [0.3, 0.4) is 0 Å². The summed E-state index contributed by atoms with van der Waals surface area (Å²) in [7, 11) is 0. The van der Waals surface area contributed by atoms with Crippen LogP contribution < -0.4 is 0 Å². The van der Waals surface area contributed by atoms with Gasteiger partial charge in [0.15, 0.2) is 6.10 Å². The fraction of sp³-hybridized carbons (Fsp3) is 0.400. The molecule has 1 heterocycles. The second-order valence-electron chi connectivity index (χ2n) is 3.77. The second-order valence-corrected chi connectivity index (χ2v) is 3.77. The van der Waals surface area contributed by atoms with Crippen LogP contribution in [0.15, 0.2) is 35.5 Å². The molecule has 72 valence electrons. The number of ether oxygens (including phenoxy) is 1. The summed E-state index contributed by atoms with van der Waals surface area (Å²) >= 11 is 0. The van der Waals surface area contributed by atoms with Gasteiger partial charge in [-0.3, -0.25) is 14.9 Å². The average Bonchev–Trinajstić information content (AvgIpc) is 2.94. The molecular formula is C10H9NO3. The lowest BCUT2D eigenvalue weighted by Crippen LogP contribution is -2.27. The van der Waals surface area contributed by atoms with E-state index in [0.717, 1.165) is 18.4 Å². The maximum Gasteiger partial charge on any atom is 0.376 e. The lowest BCUT2D eigenvalue weighted by atomic mass is 9.88. The third-order valence-electron chi connectivity index (χ3n) is 3.00. The molecule has 0 amide bonds. The van der Waals surface area contributed by atoms with Crippen LogP contribution in [0.1, 0.15) is 12.8 Å². The topological polar surface area (TPSA) is 55.7 Å². The van der Waals surface area contributed by atoms with Crippen LogP contribution in [0, 0.1) is 10.1 Å². The molecule has 4 heteroatoms. The minimum Gasteiger partial charge on any atom is -0.290 e. The van der Waals surface area contributed by atoms with Crippen LogP contribution in [0.25, 0.3) is 0 Å². The number of rotatable bonds is 1. The molecule has 0 N–H and O–H groups in total. The zero-order valence-corrected chi connectivity index (χ0v) is 7.47. The van der Waals surface area contributed by atoms with E-state index in [9.17, 15) is 10.1 Å². The number of epoxide rings is 1. The van der Waals surface area contributed by atoms with Crippen LogP contribution in [0.5, 0.6) is 0 Å². The van der Waals surface area contributed by atoms with Gasteiger partial charge in [-0.15, -0.1) is 0 Å². The molecule has 1 saturated heterocycles. The van der Waals surface area contributed by atoms with E-state index in [-0.39, 0.29) is 11.0 Å². The Morgan fingerprint density at radius 3 is 3.07 bits per heavy atom. The van der Waals surface area contributed by atoms with Gasteiger partial charge in [0.2, 0.25) is 0 Å². The van der Waals surface area contributed by atoms with Crippen molar-refractivity contribution in [2.24, 2.45) is 0 Å². The summed E-state index contributed by atoms with van der Waals surface area (Å²) in [6.07, 6.45) is 8.91. The molecule has 0 saturated carbocycles. The van der Waals surface area contributed by atoms with Crippen LogP contribution in [-0.4, -0.2) is 16.8 Å². The van der Waals surface area contributed by atoms with Crippen molar-refractivity contribution in [3.63, 3.8) is 0 Å². The molecule has 0 radical (unpaired) electrons. The van der Waals surface area contributed by atoms with Gasteiger partial charge in [0.05, 0.1) is 4.92 Å². The van der Waals surface area contributed by atoms with Gasteiger partial charge < -0.3 is 0 Å². The fourth-order valence-corrected chi connectivity index (χ4v) is 2.16. The number of nitrogens with zero attached hydrogens (tertiary/aromatic N) is 1. The van der Waals surface area contributed by atoms with Crippen LogP contribution >= 0.6 is 0 Å². The van der Waals surface area contributed by atoms with Gasteiger partial charge in [-0.25, -0.2) is 0 Å². The summed E-state index contributed by atoms with van der Waals surface area (Å²) in [5.41, 5.74) is 1.06. The van der Waals surface area contributed by atoms with E-state index in [0.29, 0.717) is 0 Å². The zero-order valence-electron chi connectivity index (χ0n) is 7.47. The Kier molecular flexibility index (Phi) is 1.32. The van der Waals surface area contributed by atoms with Gasteiger partial charge in [-0.05, 0) is 24.0 Å². The third kappa shape index (κ3) is 0.812. The first kappa shape index (κ1) is 7.94. The Bertz CT molecular complexity index is 408. The van der Waals surface area contributed by atoms with Crippen molar-refractivity contribution in [1.29, 1.82) is 0 Å². The third-order valence-corrected chi connectivity index (χ3v) is 3.00. The molecule has 0 bridgehead atoms. The SMILES string of the molecule is O=[N+]([O-])C12C=CC3=C(CC=CC3)C1O2. The number of fused-ring (bicyclic) bond motifs is 2. The van der Waals surface area contributed by atoms with Gasteiger partial charge in [-0.1, -0.05) is 18.2 Å². The standard InChI is InChI=1S/C10H9NO3/c12-11(13)10-6-5-7-3-1-2-4-8(7)9(10)14-10/h1-2,5-6,9H,3-4H2. The minimum atomic E-state index is -1.22. The van der Waals surface area contributed by atoms with E-state index in [1.165, 1.54) is 5.57 Å². The van der Waals surface area contributed by atoms with Gasteiger partial charge in [0.25, 0.3) is 0 Å². The maximum atomic E-state index is 10.8. The molecule has 3 aliphatic rings. The van der Waals surface area contributed by atoms with Crippen molar-refractivity contribution in [3.05, 3.63) is 45.6 Å². The Morgan fingerprint density at radius 1 is 1.50 bits per heavy atom. The van der Waals surface area contributed by atoms with Crippen LogP contribution in [0.2, 0.25) is 0 Å². The van der Waals surface area contributed by atoms with Gasteiger partial charge in [0.1, 0.15) is 0 Å². The Hall–Kier alpha value is -1.42. The first-order chi connectivity index (χ1) is 6.74. The summed E-state index contributed by atoms with van der Waals surface area (Å²) in [5.74, 6) is 0. The Labute approximate surface area is 80.7 Å². The number of nitro groups is 1. The maximum absolute atomic E-state index is 10.8. The highest BCUT2D eigenvalue weighted by atomic mass is 16.7. The van der Waals surface area contributed by atoms with E-state index < -0.39 is 5.72 Å². The normalized spacial score (nSPS) is 37.9. The van der Waals surface area contributed by atoms with Gasteiger partial charge in [0, 0.05) is 6.08 Å². The van der Waals surface area contributed by atoms with Crippen molar-refractivity contribution < 1.29 is 9.66 Å². The van der Waals surface area contributed by atoms with Crippen molar-refractivity contribution in [2.75, 3.05) is 0 Å². The highest BCUT2D eigenvalue weighted by Gasteiger charge is 2.70. The van der Waals surface area contributed by atoms with Crippen molar-refractivity contribution in [1.82, 2.24) is 0 Å². The molecule has 1 aliphatic heterocycles. The van der Waals surface area contributed by atoms with Crippen molar-refractivity contribution >= 4 is 0 Å². The smallest absolute Gasteiger partial charge is 0.290 e. The van der Waals surface area contributed by atoms with E-state index in [4.69, 9.17) is 4.74 Å². The quantitative estimate of drug-likeness (QED) is 0.273. The van der Waals surface area contributed by atoms with Crippen LogP contribution in [0.4, 0.5) is 0 Å². The molecule has 1 fully saturated rings. The molecule has 2 aliphatic carbocycles. The molecule has 0 aromatic rings. The lowest BCUT2D eigenvalue weighted by Gasteiger charge is -2.15. The van der Waals surface area contributed by atoms with E-state index in [2.05, 4.69) is 6.08 Å². The van der Waals surface area contributed by atoms with Crippen molar-refractivity contribution in [3.8, 4) is 0 Å². The summed E-state index contributed by atoms with van der Waals surface area (Å²) in [6, 6.07) is 0. The molecular weight excluding hydrogens is 182 g/mol. The fourth-order valence-electron chi connectivity index (χ4n) is 2.16. The predicted molar refractivity (Wildman–Crippen MR) is 49.1 cm³/mol. The lowest BCUT2D eigenvalue weighted by molar-refractivity contribution is -0.548. The van der Waals surface area contributed by atoms with Gasteiger partial charge >= 0.3 is 5.72 Å². The summed E-state index contributed by atoms with van der Waals surface area (Å²) in [4.78, 5) is 10.4. The zero-order chi connectivity index (χ0) is 9.76.